The van der Waals surface area contributed by atoms with Crippen LogP contribution in [0.1, 0.15) is 22.3 Å². The van der Waals surface area contributed by atoms with Crippen molar-refractivity contribution in [3.8, 4) is 0 Å². The van der Waals surface area contributed by atoms with Gasteiger partial charge in [-0.15, -0.1) is 0 Å². The first-order valence-corrected chi connectivity index (χ1v) is 11.2. The minimum Gasteiger partial charge on any atom is -0.347 e. The summed E-state index contributed by atoms with van der Waals surface area (Å²) in [5.41, 5.74) is 16.5. The second kappa shape index (κ2) is 8.93. The van der Waals surface area contributed by atoms with Gasteiger partial charge in [-0.1, -0.05) is 121 Å². The summed E-state index contributed by atoms with van der Waals surface area (Å²) in [7, 11) is 0. The predicted octanol–water partition coefficient (Wildman–Crippen LogP) is 4.53. The number of benzene rings is 4. The Hall–Kier alpha value is -3.28. The third kappa shape index (κ3) is 3.67. The number of ether oxygens (including phenoxy) is 2. The van der Waals surface area contributed by atoms with E-state index in [1.807, 2.05) is 121 Å². The Morgan fingerprint density at radius 2 is 0.697 bits per heavy atom. The second-order valence-electron chi connectivity index (χ2n) is 8.49. The molecule has 0 saturated carbocycles. The lowest BCUT2D eigenvalue weighted by atomic mass is 9.69. The van der Waals surface area contributed by atoms with E-state index in [2.05, 4.69) is 0 Å². The predicted molar refractivity (Wildman–Crippen MR) is 130 cm³/mol. The summed E-state index contributed by atoms with van der Waals surface area (Å²) in [6, 6.07) is 40.2. The van der Waals surface area contributed by atoms with Gasteiger partial charge in [0.05, 0.1) is 11.1 Å². The Morgan fingerprint density at radius 1 is 0.455 bits per heavy atom. The fraction of sp³-hybridized carbons (Fsp3) is 0.172. The molecule has 1 aliphatic heterocycles. The van der Waals surface area contributed by atoms with Crippen LogP contribution in [0.25, 0.3) is 0 Å². The second-order valence-corrected chi connectivity index (χ2v) is 8.49. The molecule has 4 nitrogen and oxygen atoms in total. The molecule has 1 heterocycles. The molecule has 166 valence electrons. The van der Waals surface area contributed by atoms with Crippen molar-refractivity contribution in [2.24, 2.45) is 11.5 Å². The van der Waals surface area contributed by atoms with Gasteiger partial charge in [0.2, 0.25) is 0 Å². The molecule has 0 aromatic heterocycles. The van der Waals surface area contributed by atoms with E-state index in [4.69, 9.17) is 20.9 Å². The number of rotatable bonds is 6. The molecular weight excluding hydrogens is 408 g/mol. The van der Waals surface area contributed by atoms with Crippen LogP contribution in [-0.2, 0) is 20.6 Å². The van der Waals surface area contributed by atoms with Gasteiger partial charge in [0, 0.05) is 0 Å². The van der Waals surface area contributed by atoms with E-state index in [1.54, 1.807) is 0 Å². The normalized spacial score (nSPS) is 18.8. The molecule has 5 rings (SSSR count). The molecule has 1 fully saturated rings. The average molecular weight is 437 g/mol. The lowest BCUT2D eigenvalue weighted by Crippen LogP contribution is -2.61. The Morgan fingerprint density at radius 3 is 0.939 bits per heavy atom. The zero-order valence-corrected chi connectivity index (χ0v) is 18.4. The molecular formula is C29H28N2O2. The van der Waals surface area contributed by atoms with Crippen LogP contribution < -0.4 is 11.5 Å². The number of nitrogens with two attached hydrogens (primary N) is 2. The van der Waals surface area contributed by atoms with Crippen LogP contribution in [0.3, 0.4) is 0 Å². The van der Waals surface area contributed by atoms with E-state index >= 15 is 0 Å². The van der Waals surface area contributed by atoms with E-state index < -0.39 is 23.3 Å². The number of hydrogen-bond donors (Lipinski definition) is 2. The zero-order valence-electron chi connectivity index (χ0n) is 18.4. The standard InChI is InChI=1S/C29H28N2O2/c30-28(22-13-5-1-6-14-22,23-15-7-2-8-16-23)26-27(33-21-32-26)29(31,24-17-9-3-10-18-24)25-19-11-4-12-20-25/h1-20,26-27H,21,30-31H2. The molecule has 4 N–H and O–H groups in total. The van der Waals surface area contributed by atoms with Crippen molar-refractivity contribution in [3.63, 3.8) is 0 Å². The Balaban J connectivity index is 1.70. The maximum absolute atomic E-state index is 7.33. The first-order valence-electron chi connectivity index (χ1n) is 11.2. The summed E-state index contributed by atoms with van der Waals surface area (Å²) in [5, 5.41) is 0. The van der Waals surface area contributed by atoms with E-state index in [0.717, 1.165) is 22.3 Å². The first kappa shape index (κ1) is 21.6. The van der Waals surface area contributed by atoms with Gasteiger partial charge < -0.3 is 20.9 Å². The third-order valence-corrected chi connectivity index (χ3v) is 6.67. The Labute approximate surface area is 194 Å². The molecule has 2 unspecified atom stereocenters. The van der Waals surface area contributed by atoms with E-state index in [1.165, 1.54) is 0 Å². The molecule has 1 aliphatic rings. The highest BCUT2D eigenvalue weighted by Gasteiger charge is 2.55. The van der Waals surface area contributed by atoms with Crippen LogP contribution in [-0.4, -0.2) is 19.0 Å². The minimum atomic E-state index is -0.974. The van der Waals surface area contributed by atoms with Gasteiger partial charge >= 0.3 is 0 Å². The van der Waals surface area contributed by atoms with Gasteiger partial charge in [0.25, 0.3) is 0 Å². The average Bonchev–Trinajstić information content (AvgIpc) is 3.41. The molecule has 33 heavy (non-hydrogen) atoms. The molecule has 1 saturated heterocycles. The van der Waals surface area contributed by atoms with Crippen LogP contribution in [0.2, 0.25) is 0 Å². The van der Waals surface area contributed by atoms with Crippen molar-refractivity contribution in [3.05, 3.63) is 144 Å². The monoisotopic (exact) mass is 436 g/mol. The molecule has 0 bridgehead atoms. The van der Waals surface area contributed by atoms with Gasteiger partial charge in [-0.2, -0.15) is 0 Å². The maximum atomic E-state index is 7.33. The van der Waals surface area contributed by atoms with Crippen LogP contribution in [0.4, 0.5) is 0 Å². The van der Waals surface area contributed by atoms with Crippen molar-refractivity contribution in [1.82, 2.24) is 0 Å². The van der Waals surface area contributed by atoms with E-state index in [0.29, 0.717) is 0 Å². The van der Waals surface area contributed by atoms with Gasteiger partial charge in [0.1, 0.15) is 19.0 Å². The van der Waals surface area contributed by atoms with Crippen molar-refractivity contribution >= 4 is 0 Å². The van der Waals surface area contributed by atoms with Crippen LogP contribution in [0, 0.1) is 0 Å². The highest BCUT2D eigenvalue weighted by Crippen LogP contribution is 2.44. The van der Waals surface area contributed by atoms with Crippen molar-refractivity contribution in [1.29, 1.82) is 0 Å². The van der Waals surface area contributed by atoms with Gasteiger partial charge in [-0.3, -0.25) is 0 Å². The SMILES string of the molecule is NC(c1ccccc1)(c1ccccc1)C1OCOC1C(N)(c1ccccc1)c1ccccc1. The van der Waals surface area contributed by atoms with Gasteiger partial charge in [-0.05, 0) is 22.3 Å². The molecule has 0 spiro atoms. The summed E-state index contributed by atoms with van der Waals surface area (Å²) in [4.78, 5) is 0. The summed E-state index contributed by atoms with van der Waals surface area (Å²) in [5.74, 6) is 0. The summed E-state index contributed by atoms with van der Waals surface area (Å²) in [6.45, 7) is 0.118. The Kier molecular flexibility index (Phi) is 5.83. The van der Waals surface area contributed by atoms with Gasteiger partial charge in [0.15, 0.2) is 0 Å². The molecule has 4 aromatic carbocycles. The van der Waals surface area contributed by atoms with Crippen molar-refractivity contribution < 1.29 is 9.47 Å². The summed E-state index contributed by atoms with van der Waals surface area (Å²) >= 11 is 0. The zero-order chi connectivity index (χ0) is 22.7. The molecule has 0 radical (unpaired) electrons. The van der Waals surface area contributed by atoms with Crippen molar-refractivity contribution in [2.75, 3.05) is 6.79 Å². The quantitative estimate of drug-likeness (QED) is 0.466. The van der Waals surface area contributed by atoms with Crippen LogP contribution in [0.15, 0.2) is 121 Å². The highest BCUT2D eigenvalue weighted by molar-refractivity contribution is 5.45. The van der Waals surface area contributed by atoms with Crippen LogP contribution >= 0.6 is 0 Å². The lowest BCUT2D eigenvalue weighted by molar-refractivity contribution is 0.0225. The largest absolute Gasteiger partial charge is 0.347 e. The Bertz CT molecular complexity index is 993. The molecule has 0 amide bonds. The van der Waals surface area contributed by atoms with E-state index in [-0.39, 0.29) is 6.79 Å². The molecule has 2 atom stereocenters. The molecule has 4 heteroatoms. The summed E-state index contributed by atoms with van der Waals surface area (Å²) in [6.07, 6.45) is -1.07. The minimum absolute atomic E-state index is 0.118. The topological polar surface area (TPSA) is 70.5 Å². The number of hydrogen-bond acceptors (Lipinski definition) is 4. The maximum Gasteiger partial charge on any atom is 0.147 e. The van der Waals surface area contributed by atoms with Gasteiger partial charge in [-0.25, -0.2) is 0 Å². The van der Waals surface area contributed by atoms with Crippen molar-refractivity contribution in [2.45, 2.75) is 23.3 Å². The summed E-state index contributed by atoms with van der Waals surface area (Å²) < 4.78 is 12.6. The molecule has 0 aliphatic carbocycles. The lowest BCUT2D eigenvalue weighted by Gasteiger charge is -2.44. The third-order valence-electron chi connectivity index (χ3n) is 6.67. The first-order chi connectivity index (χ1) is 16.1. The fourth-order valence-electron chi connectivity index (χ4n) is 4.95. The highest BCUT2D eigenvalue weighted by atomic mass is 16.7. The van der Waals surface area contributed by atoms with Crippen LogP contribution in [0.5, 0.6) is 0 Å². The molecule has 4 aromatic rings. The smallest absolute Gasteiger partial charge is 0.147 e. The van der Waals surface area contributed by atoms with E-state index in [9.17, 15) is 0 Å². The fourth-order valence-corrected chi connectivity index (χ4v) is 4.95.